The van der Waals surface area contributed by atoms with Gasteiger partial charge in [0.25, 0.3) is 0 Å². The van der Waals surface area contributed by atoms with E-state index in [1.54, 1.807) is 0 Å². The van der Waals surface area contributed by atoms with Gasteiger partial charge in [-0.25, -0.2) is 0 Å². The molecule has 2 heteroatoms. The van der Waals surface area contributed by atoms with Crippen LogP contribution in [0, 0.1) is 0 Å². The van der Waals surface area contributed by atoms with Crippen molar-refractivity contribution < 1.29 is 20.1 Å². The van der Waals surface area contributed by atoms with Crippen LogP contribution in [0.4, 0.5) is 0 Å². The van der Waals surface area contributed by atoms with E-state index < -0.39 is 0 Å². The molecule has 0 aliphatic heterocycles. The average Bonchev–Trinajstić information content (AvgIpc) is 1.72. The molecule has 1 radical (unpaired) electrons. The van der Waals surface area contributed by atoms with E-state index in [1.807, 2.05) is 0 Å². The second-order valence-corrected chi connectivity index (χ2v) is 4.86. The minimum Gasteiger partial charge on any atom is -0.108 e. The molecule has 0 aliphatic carbocycles. The SMILES string of the molecule is CCP(CC)CC.[Ir]. The van der Waals surface area contributed by atoms with Gasteiger partial charge in [-0.2, -0.15) is 0 Å². The molecule has 0 saturated heterocycles. The summed E-state index contributed by atoms with van der Waals surface area (Å²) in [6.07, 6.45) is 4.26. The maximum Gasteiger partial charge on any atom is 0 e. The first-order valence-electron chi connectivity index (χ1n) is 3.07. The minimum atomic E-state index is 0. The zero-order valence-electron chi connectivity index (χ0n) is 5.90. The first kappa shape index (κ1) is 11.8. The van der Waals surface area contributed by atoms with Gasteiger partial charge in [-0.3, -0.25) is 0 Å². The minimum absolute atomic E-state index is 0. The van der Waals surface area contributed by atoms with E-state index in [2.05, 4.69) is 20.8 Å². The predicted molar refractivity (Wildman–Crippen MR) is 38.5 cm³/mol. The molecule has 53 valence electrons. The Labute approximate surface area is 67.5 Å². The van der Waals surface area contributed by atoms with Crippen molar-refractivity contribution in [2.24, 2.45) is 0 Å². The molecule has 0 unspecified atom stereocenters. The molecule has 0 rings (SSSR count). The van der Waals surface area contributed by atoms with Crippen molar-refractivity contribution >= 4 is 7.92 Å². The standard InChI is InChI=1S/C6H15P.Ir/c1-4-7(5-2)6-3;/h4-6H2,1-3H3;. The monoisotopic (exact) mass is 311 g/mol. The summed E-state index contributed by atoms with van der Waals surface area (Å²) in [6, 6.07) is 0. The van der Waals surface area contributed by atoms with Crippen LogP contribution in [-0.4, -0.2) is 18.5 Å². The Bertz CT molecular complexity index is 30.0. The molecule has 0 aliphatic rings. The van der Waals surface area contributed by atoms with Crippen LogP contribution in [-0.2, 0) is 20.1 Å². The molecule has 0 amide bonds. The van der Waals surface area contributed by atoms with Gasteiger partial charge in [-0.1, -0.05) is 20.8 Å². The predicted octanol–water partition coefficient (Wildman–Crippen LogP) is 2.53. The molecule has 0 spiro atoms. The summed E-state index contributed by atoms with van der Waals surface area (Å²) in [4.78, 5) is 0. The van der Waals surface area contributed by atoms with Crippen molar-refractivity contribution in [3.8, 4) is 0 Å². The van der Waals surface area contributed by atoms with Crippen LogP contribution >= 0.6 is 7.92 Å². The van der Waals surface area contributed by atoms with Gasteiger partial charge in [0.1, 0.15) is 0 Å². The molecule has 0 bridgehead atoms. The first-order chi connectivity index (χ1) is 3.35. The average molecular weight is 310 g/mol. The Hall–Kier alpha value is 1.08. The van der Waals surface area contributed by atoms with E-state index in [9.17, 15) is 0 Å². The van der Waals surface area contributed by atoms with Crippen LogP contribution in [0.5, 0.6) is 0 Å². The Morgan fingerprint density at radius 3 is 1.12 bits per heavy atom. The number of rotatable bonds is 3. The van der Waals surface area contributed by atoms with Crippen molar-refractivity contribution in [3.05, 3.63) is 0 Å². The van der Waals surface area contributed by atoms with Gasteiger partial charge in [0, 0.05) is 20.1 Å². The van der Waals surface area contributed by atoms with Crippen LogP contribution in [0.2, 0.25) is 0 Å². The first-order valence-corrected chi connectivity index (χ1v) is 4.97. The van der Waals surface area contributed by atoms with Crippen LogP contribution in [0.3, 0.4) is 0 Å². The summed E-state index contributed by atoms with van der Waals surface area (Å²) in [5.74, 6) is 0. The molecule has 0 aromatic rings. The van der Waals surface area contributed by atoms with Gasteiger partial charge in [0.2, 0.25) is 0 Å². The fourth-order valence-corrected chi connectivity index (χ4v) is 2.01. The smallest absolute Gasteiger partial charge is 0 e. The van der Waals surface area contributed by atoms with Gasteiger partial charge in [-0.05, 0) is 18.5 Å². The van der Waals surface area contributed by atoms with Crippen molar-refractivity contribution in [2.45, 2.75) is 20.8 Å². The molecule has 0 aromatic heterocycles. The fourth-order valence-electron chi connectivity index (χ4n) is 0.671. The van der Waals surface area contributed by atoms with Gasteiger partial charge in [0.15, 0.2) is 0 Å². The van der Waals surface area contributed by atoms with Crippen molar-refractivity contribution in [2.75, 3.05) is 18.5 Å². The maximum atomic E-state index is 2.29. The fraction of sp³-hybridized carbons (Fsp3) is 1.00. The molecule has 0 atom stereocenters. The molecular formula is C6H15IrP. The topological polar surface area (TPSA) is 0 Å². The molecule has 0 fully saturated rings. The van der Waals surface area contributed by atoms with E-state index in [0.717, 1.165) is 0 Å². The quantitative estimate of drug-likeness (QED) is 0.703. The Balaban J connectivity index is 0. The van der Waals surface area contributed by atoms with E-state index in [-0.39, 0.29) is 20.1 Å². The molecule has 8 heavy (non-hydrogen) atoms. The van der Waals surface area contributed by atoms with Gasteiger partial charge < -0.3 is 0 Å². The summed E-state index contributed by atoms with van der Waals surface area (Å²) < 4.78 is 0. The number of hydrogen-bond acceptors (Lipinski definition) is 0. The maximum absolute atomic E-state index is 2.29. The van der Waals surface area contributed by atoms with Crippen LogP contribution in [0.15, 0.2) is 0 Å². The summed E-state index contributed by atoms with van der Waals surface area (Å²) in [5, 5.41) is 0. The third kappa shape index (κ3) is 5.22. The van der Waals surface area contributed by atoms with Crippen LogP contribution in [0.25, 0.3) is 0 Å². The largest absolute Gasteiger partial charge is 0.108 e. The Morgan fingerprint density at radius 2 is 1.12 bits per heavy atom. The summed E-state index contributed by atoms with van der Waals surface area (Å²) in [7, 11) is 0.446. The van der Waals surface area contributed by atoms with E-state index in [1.165, 1.54) is 18.5 Å². The van der Waals surface area contributed by atoms with Gasteiger partial charge in [-0.15, -0.1) is 7.92 Å². The second kappa shape index (κ2) is 8.08. The zero-order valence-corrected chi connectivity index (χ0v) is 9.19. The Kier molecular flexibility index (Phi) is 11.9. The van der Waals surface area contributed by atoms with Crippen molar-refractivity contribution in [1.29, 1.82) is 0 Å². The Morgan fingerprint density at radius 1 is 0.875 bits per heavy atom. The van der Waals surface area contributed by atoms with Crippen molar-refractivity contribution in [3.63, 3.8) is 0 Å². The van der Waals surface area contributed by atoms with E-state index in [0.29, 0.717) is 7.92 Å². The molecular weight excluding hydrogens is 295 g/mol. The molecule has 0 heterocycles. The van der Waals surface area contributed by atoms with Crippen molar-refractivity contribution in [1.82, 2.24) is 0 Å². The molecule has 0 saturated carbocycles. The van der Waals surface area contributed by atoms with Gasteiger partial charge in [0.05, 0.1) is 0 Å². The zero-order chi connectivity index (χ0) is 5.70. The summed E-state index contributed by atoms with van der Waals surface area (Å²) >= 11 is 0. The van der Waals surface area contributed by atoms with Crippen LogP contribution < -0.4 is 0 Å². The number of hydrogen-bond donors (Lipinski definition) is 0. The van der Waals surface area contributed by atoms with Gasteiger partial charge >= 0.3 is 0 Å². The summed E-state index contributed by atoms with van der Waals surface area (Å²) in [5.41, 5.74) is 0. The normalized spacial score (nSPS) is 9.00. The third-order valence-electron chi connectivity index (χ3n) is 1.34. The molecule has 0 aromatic carbocycles. The molecule has 0 nitrogen and oxygen atoms in total. The second-order valence-electron chi connectivity index (χ2n) is 1.62. The van der Waals surface area contributed by atoms with Crippen LogP contribution in [0.1, 0.15) is 20.8 Å². The van der Waals surface area contributed by atoms with E-state index in [4.69, 9.17) is 0 Å². The third-order valence-corrected chi connectivity index (χ3v) is 4.02. The summed E-state index contributed by atoms with van der Waals surface area (Å²) in [6.45, 7) is 6.87. The van der Waals surface area contributed by atoms with E-state index >= 15 is 0 Å². The molecule has 0 N–H and O–H groups in total.